The summed E-state index contributed by atoms with van der Waals surface area (Å²) < 4.78 is 0. The third kappa shape index (κ3) is 3.75. The Morgan fingerprint density at radius 2 is 1.88 bits per heavy atom. The third-order valence-electron chi connectivity index (χ3n) is 7.46. The zero-order valence-corrected chi connectivity index (χ0v) is 19.2. The van der Waals surface area contributed by atoms with Crippen LogP contribution in [0, 0.1) is 0 Å². The fourth-order valence-corrected chi connectivity index (χ4v) is 5.59. The van der Waals surface area contributed by atoms with Gasteiger partial charge in [-0.25, -0.2) is 4.99 Å². The molecule has 3 aliphatic heterocycles. The standard InChI is InChI=1S/C27H29N5O2/c33-26-21(15-20-6-1-3-7-22(20)30-26)18-9-12-31(13-10-18)25-16-23(28-17-29-25)27(34)32-14-11-19-5-2-4-8-24(19)32/h2,4-8,15-18,23H,1,3,9-14H2,(H,28,29)(H,30,33). The van der Waals surface area contributed by atoms with E-state index >= 15 is 0 Å². The lowest BCUT2D eigenvalue weighted by Crippen LogP contribution is -2.47. The van der Waals surface area contributed by atoms with Crippen LogP contribution in [0.3, 0.4) is 0 Å². The van der Waals surface area contributed by atoms with E-state index in [-0.39, 0.29) is 17.4 Å². The van der Waals surface area contributed by atoms with E-state index in [1.807, 2.05) is 29.2 Å². The predicted molar refractivity (Wildman–Crippen MR) is 134 cm³/mol. The summed E-state index contributed by atoms with van der Waals surface area (Å²) in [6.45, 7) is 2.34. The lowest BCUT2D eigenvalue weighted by atomic mass is 9.89. The fourth-order valence-electron chi connectivity index (χ4n) is 5.59. The summed E-state index contributed by atoms with van der Waals surface area (Å²) in [7, 11) is 0. The van der Waals surface area contributed by atoms with Crippen molar-refractivity contribution < 1.29 is 4.79 Å². The summed E-state index contributed by atoms with van der Waals surface area (Å²) in [6.07, 6.45) is 12.6. The number of hydrogen-bond donors (Lipinski definition) is 2. The average molecular weight is 456 g/mol. The number of benzene rings is 1. The Morgan fingerprint density at radius 1 is 1.06 bits per heavy atom. The van der Waals surface area contributed by atoms with Crippen molar-refractivity contribution >= 4 is 30.1 Å². The number of piperidine rings is 1. The van der Waals surface area contributed by atoms with Gasteiger partial charge in [0.25, 0.3) is 11.5 Å². The minimum Gasteiger partial charge on any atom is -0.361 e. The van der Waals surface area contributed by atoms with Gasteiger partial charge in [0.15, 0.2) is 0 Å². The molecule has 7 heteroatoms. The van der Waals surface area contributed by atoms with Crippen molar-refractivity contribution in [2.24, 2.45) is 4.99 Å². The highest BCUT2D eigenvalue weighted by Gasteiger charge is 2.31. The van der Waals surface area contributed by atoms with Crippen LogP contribution in [0.15, 0.2) is 52.0 Å². The van der Waals surface area contributed by atoms with Crippen molar-refractivity contribution in [1.29, 1.82) is 0 Å². The van der Waals surface area contributed by atoms with Crippen molar-refractivity contribution in [1.82, 2.24) is 15.2 Å². The molecule has 174 valence electrons. The Kier molecular flexibility index (Phi) is 5.32. The fraction of sp³-hybridized carbons (Fsp3) is 0.370. The molecule has 1 saturated heterocycles. The smallest absolute Gasteiger partial charge is 0.253 e. The van der Waals surface area contributed by atoms with Crippen LogP contribution < -0.4 is 26.3 Å². The van der Waals surface area contributed by atoms with Crippen molar-refractivity contribution in [3.8, 4) is 0 Å². The quantitative estimate of drug-likeness (QED) is 0.732. The molecule has 1 amide bonds. The SMILES string of the molecule is O=C(C1C=C(N2CCC(c3cc4c([nH]c3=O)=CCCC=4)CC2)N=CN1)N1CCc2ccccc21. The van der Waals surface area contributed by atoms with Crippen molar-refractivity contribution in [2.45, 2.75) is 44.1 Å². The van der Waals surface area contributed by atoms with Crippen molar-refractivity contribution in [3.63, 3.8) is 0 Å². The molecule has 7 nitrogen and oxygen atoms in total. The van der Waals surface area contributed by atoms with E-state index in [9.17, 15) is 9.59 Å². The lowest BCUT2D eigenvalue weighted by Gasteiger charge is -2.35. The molecule has 0 saturated carbocycles. The number of para-hydroxylation sites is 1. The summed E-state index contributed by atoms with van der Waals surface area (Å²) in [5.41, 5.74) is 3.17. The van der Waals surface area contributed by atoms with Gasteiger partial charge in [0.1, 0.15) is 11.9 Å². The van der Waals surface area contributed by atoms with Crippen LogP contribution in [0.4, 0.5) is 5.69 Å². The number of rotatable bonds is 3. The number of aromatic nitrogens is 1. The van der Waals surface area contributed by atoms with E-state index in [1.165, 1.54) is 5.56 Å². The van der Waals surface area contributed by atoms with Gasteiger partial charge >= 0.3 is 0 Å². The molecule has 1 fully saturated rings. The largest absolute Gasteiger partial charge is 0.361 e. The normalized spacial score (nSPS) is 21.6. The van der Waals surface area contributed by atoms with Gasteiger partial charge in [0, 0.05) is 36.2 Å². The maximum absolute atomic E-state index is 13.3. The summed E-state index contributed by atoms with van der Waals surface area (Å²) >= 11 is 0. The second-order valence-corrected chi connectivity index (χ2v) is 9.47. The number of aliphatic imine (C=N–C) groups is 1. The van der Waals surface area contributed by atoms with Gasteiger partial charge in [-0.2, -0.15) is 0 Å². The number of hydrogen-bond acceptors (Lipinski definition) is 5. The number of H-pyrrole nitrogens is 1. The molecule has 1 aromatic carbocycles. The number of nitrogens with one attached hydrogen (secondary N) is 2. The van der Waals surface area contributed by atoms with E-state index in [2.05, 4.69) is 44.5 Å². The van der Waals surface area contributed by atoms with Crippen LogP contribution in [-0.2, 0) is 11.2 Å². The van der Waals surface area contributed by atoms with Gasteiger partial charge in [-0.1, -0.05) is 30.4 Å². The van der Waals surface area contributed by atoms with E-state index in [4.69, 9.17) is 0 Å². The number of nitrogens with zero attached hydrogens (tertiary/aromatic N) is 3. The van der Waals surface area contributed by atoms with Crippen LogP contribution in [-0.4, -0.2) is 47.8 Å². The molecule has 1 atom stereocenters. The van der Waals surface area contributed by atoms with Gasteiger partial charge in [-0.15, -0.1) is 0 Å². The molecule has 6 rings (SSSR count). The van der Waals surface area contributed by atoms with Crippen LogP contribution in [0.5, 0.6) is 0 Å². The molecule has 0 bridgehead atoms. The monoisotopic (exact) mass is 455 g/mol. The van der Waals surface area contributed by atoms with Crippen molar-refractivity contribution in [2.75, 3.05) is 24.5 Å². The van der Waals surface area contributed by atoms with Gasteiger partial charge in [0.2, 0.25) is 0 Å². The van der Waals surface area contributed by atoms with E-state index in [0.29, 0.717) is 6.54 Å². The Morgan fingerprint density at radius 3 is 2.76 bits per heavy atom. The van der Waals surface area contributed by atoms with Crippen LogP contribution in [0.25, 0.3) is 12.2 Å². The number of pyridine rings is 1. The first-order valence-corrected chi connectivity index (χ1v) is 12.3. The van der Waals surface area contributed by atoms with E-state index in [1.54, 1.807) is 6.34 Å². The highest BCUT2D eigenvalue weighted by molar-refractivity contribution is 6.01. The van der Waals surface area contributed by atoms with Gasteiger partial charge < -0.3 is 20.1 Å². The second-order valence-electron chi connectivity index (χ2n) is 9.47. The van der Waals surface area contributed by atoms with Crippen LogP contribution in [0.1, 0.15) is 42.7 Å². The molecular formula is C27H29N5O2. The van der Waals surface area contributed by atoms with Crippen molar-refractivity contribution in [3.05, 3.63) is 74.3 Å². The number of likely N-dealkylation sites (tertiary alicyclic amines) is 1. The van der Waals surface area contributed by atoms with E-state index < -0.39 is 6.04 Å². The Bertz CT molecular complexity index is 1360. The molecule has 1 unspecified atom stereocenters. The molecule has 0 spiro atoms. The molecule has 1 aromatic heterocycles. The second kappa shape index (κ2) is 8.63. The molecule has 4 aliphatic rings. The number of fused-ring (bicyclic) bond motifs is 2. The van der Waals surface area contributed by atoms with Gasteiger partial charge in [-0.05, 0) is 67.0 Å². The first kappa shape index (κ1) is 21.0. The highest BCUT2D eigenvalue weighted by Crippen LogP contribution is 2.30. The number of amides is 1. The highest BCUT2D eigenvalue weighted by atomic mass is 16.2. The van der Waals surface area contributed by atoms with Crippen LogP contribution >= 0.6 is 0 Å². The van der Waals surface area contributed by atoms with Gasteiger partial charge in [0.05, 0.1) is 6.34 Å². The summed E-state index contributed by atoms with van der Waals surface area (Å²) in [5.74, 6) is 1.13. The maximum Gasteiger partial charge on any atom is 0.253 e. The zero-order valence-electron chi connectivity index (χ0n) is 19.2. The summed E-state index contributed by atoms with van der Waals surface area (Å²) in [5, 5.41) is 5.24. The molecule has 34 heavy (non-hydrogen) atoms. The van der Waals surface area contributed by atoms with E-state index in [0.717, 1.165) is 72.8 Å². The number of aromatic amines is 1. The summed E-state index contributed by atoms with van der Waals surface area (Å²) in [6, 6.07) is 9.78. The summed E-state index contributed by atoms with van der Waals surface area (Å²) in [4.78, 5) is 37.7. The number of carbonyl (C=O) groups excluding carboxylic acids is 1. The number of anilines is 1. The first-order chi connectivity index (χ1) is 16.7. The zero-order chi connectivity index (χ0) is 23.1. The maximum atomic E-state index is 13.3. The Labute approximate surface area is 198 Å². The third-order valence-corrected chi connectivity index (χ3v) is 7.46. The van der Waals surface area contributed by atoms with Gasteiger partial charge in [-0.3, -0.25) is 9.59 Å². The number of carbonyl (C=O) groups is 1. The molecule has 1 aliphatic carbocycles. The topological polar surface area (TPSA) is 80.8 Å². The average Bonchev–Trinajstić information content (AvgIpc) is 3.32. The Balaban J connectivity index is 1.15. The Hall–Kier alpha value is -3.61. The molecular weight excluding hydrogens is 426 g/mol. The molecule has 0 radical (unpaired) electrons. The molecule has 2 N–H and O–H groups in total. The lowest BCUT2D eigenvalue weighted by molar-refractivity contribution is -0.119. The van der Waals surface area contributed by atoms with Crippen LogP contribution in [0.2, 0.25) is 0 Å². The minimum absolute atomic E-state index is 0.0411. The molecule has 4 heterocycles. The molecule has 2 aromatic rings. The predicted octanol–water partition coefficient (Wildman–Crippen LogP) is 1.34. The minimum atomic E-state index is -0.424. The first-order valence-electron chi connectivity index (χ1n) is 12.3.